The second-order valence-electron chi connectivity index (χ2n) is 4.58. The van der Waals surface area contributed by atoms with Gasteiger partial charge in [-0.1, -0.05) is 12.1 Å². The number of aromatic nitrogens is 1. The molecular weight excluding hydrogens is 230 g/mol. The second-order valence-corrected chi connectivity index (χ2v) is 5.38. The molecule has 17 heavy (non-hydrogen) atoms. The van der Waals surface area contributed by atoms with Crippen LogP contribution in [0.1, 0.15) is 12.8 Å². The van der Waals surface area contributed by atoms with Crippen molar-refractivity contribution in [1.29, 1.82) is 0 Å². The minimum atomic E-state index is 0.601. The molecule has 1 aromatic carbocycles. The Morgan fingerprint density at radius 2 is 2.29 bits per heavy atom. The predicted octanol–water partition coefficient (Wildman–Crippen LogP) is 2.48. The fourth-order valence-electron chi connectivity index (χ4n) is 2.51. The van der Waals surface area contributed by atoms with Crippen LogP contribution < -0.4 is 10.2 Å². The van der Waals surface area contributed by atoms with E-state index < -0.39 is 0 Å². The maximum Gasteiger partial charge on any atom is 0.150 e. The zero-order chi connectivity index (χ0) is 11.7. The lowest BCUT2D eigenvalue weighted by Crippen LogP contribution is -2.44. The highest BCUT2D eigenvalue weighted by Gasteiger charge is 2.21. The molecule has 1 aromatic heterocycles. The van der Waals surface area contributed by atoms with E-state index in [1.54, 1.807) is 11.5 Å². The molecule has 1 fully saturated rings. The van der Waals surface area contributed by atoms with Crippen LogP contribution in [0.5, 0.6) is 0 Å². The molecule has 0 saturated carbocycles. The van der Waals surface area contributed by atoms with Crippen molar-refractivity contribution in [3.63, 3.8) is 0 Å². The summed E-state index contributed by atoms with van der Waals surface area (Å²) in [5.74, 6) is 1.17. The van der Waals surface area contributed by atoms with Gasteiger partial charge in [-0.15, -0.1) is 0 Å². The minimum Gasteiger partial charge on any atom is -0.354 e. The first-order chi connectivity index (χ1) is 8.38. The van der Waals surface area contributed by atoms with E-state index in [0.717, 1.165) is 13.1 Å². The molecule has 2 heterocycles. The van der Waals surface area contributed by atoms with Crippen LogP contribution in [0, 0.1) is 0 Å². The summed E-state index contributed by atoms with van der Waals surface area (Å²) in [6.07, 6.45) is 2.52. The van der Waals surface area contributed by atoms with Gasteiger partial charge in [-0.05, 0) is 43.6 Å². The first kappa shape index (κ1) is 11.0. The number of piperidine rings is 1. The Labute approximate surface area is 106 Å². The van der Waals surface area contributed by atoms with Crippen molar-refractivity contribution in [2.45, 2.75) is 18.9 Å². The van der Waals surface area contributed by atoms with E-state index in [1.165, 1.54) is 28.7 Å². The summed E-state index contributed by atoms with van der Waals surface area (Å²) >= 11 is 1.60. The molecule has 1 N–H and O–H groups in total. The molecule has 1 atom stereocenters. The molecule has 0 radical (unpaired) electrons. The Bertz CT molecular complexity index is 508. The summed E-state index contributed by atoms with van der Waals surface area (Å²) in [4.78, 5) is 2.42. The zero-order valence-electron chi connectivity index (χ0n) is 10.0. The van der Waals surface area contributed by atoms with Crippen LogP contribution >= 0.6 is 11.5 Å². The third-order valence-electron chi connectivity index (χ3n) is 3.49. The normalized spacial score (nSPS) is 21.0. The number of likely N-dealkylation sites (N-methyl/N-ethyl adjacent to an activating group) is 1. The number of fused-ring (bicyclic) bond motifs is 1. The molecule has 2 aromatic rings. The molecule has 90 valence electrons. The molecular formula is C13H17N3S. The largest absolute Gasteiger partial charge is 0.354 e. The van der Waals surface area contributed by atoms with Gasteiger partial charge in [-0.25, -0.2) is 0 Å². The topological polar surface area (TPSA) is 28.2 Å². The van der Waals surface area contributed by atoms with Gasteiger partial charge in [0, 0.05) is 24.5 Å². The fourth-order valence-corrected chi connectivity index (χ4v) is 3.30. The molecule has 0 bridgehead atoms. The summed E-state index contributed by atoms with van der Waals surface area (Å²) in [5.41, 5.74) is 0. The highest BCUT2D eigenvalue weighted by Crippen LogP contribution is 2.30. The zero-order valence-corrected chi connectivity index (χ0v) is 10.8. The molecule has 3 nitrogen and oxygen atoms in total. The van der Waals surface area contributed by atoms with Gasteiger partial charge in [0.15, 0.2) is 0 Å². The van der Waals surface area contributed by atoms with Gasteiger partial charge in [0.25, 0.3) is 0 Å². The molecule has 0 spiro atoms. The summed E-state index contributed by atoms with van der Waals surface area (Å²) in [7, 11) is 2.05. The van der Waals surface area contributed by atoms with Crippen LogP contribution in [0.2, 0.25) is 0 Å². The van der Waals surface area contributed by atoms with Crippen LogP contribution in [0.25, 0.3) is 10.1 Å². The molecule has 4 heteroatoms. The number of hydrogen-bond donors (Lipinski definition) is 1. The van der Waals surface area contributed by atoms with Crippen molar-refractivity contribution < 1.29 is 0 Å². The van der Waals surface area contributed by atoms with E-state index >= 15 is 0 Å². The smallest absolute Gasteiger partial charge is 0.150 e. The molecule has 3 rings (SSSR count). The van der Waals surface area contributed by atoms with Gasteiger partial charge in [-0.2, -0.15) is 4.37 Å². The number of hydrogen-bond acceptors (Lipinski definition) is 4. The molecule has 1 aliphatic rings. The van der Waals surface area contributed by atoms with Gasteiger partial charge in [-0.3, -0.25) is 0 Å². The van der Waals surface area contributed by atoms with Gasteiger partial charge < -0.3 is 10.2 Å². The monoisotopic (exact) mass is 247 g/mol. The maximum absolute atomic E-state index is 4.63. The summed E-state index contributed by atoms with van der Waals surface area (Å²) in [6.45, 7) is 2.20. The van der Waals surface area contributed by atoms with Crippen molar-refractivity contribution >= 4 is 27.4 Å². The fraction of sp³-hybridized carbons (Fsp3) is 0.462. The Kier molecular flexibility index (Phi) is 2.99. The molecule has 1 aliphatic heterocycles. The Hall–Kier alpha value is -1.13. The Morgan fingerprint density at radius 3 is 3.18 bits per heavy atom. The molecule has 1 unspecified atom stereocenters. The van der Waals surface area contributed by atoms with Gasteiger partial charge in [0.05, 0.1) is 4.70 Å². The average Bonchev–Trinajstić information content (AvgIpc) is 2.82. The Balaban J connectivity index is 1.92. The first-order valence-corrected chi connectivity index (χ1v) is 6.92. The maximum atomic E-state index is 4.63. The SMILES string of the molecule is CNC1CCCN(c2nsc3ccccc23)C1. The van der Waals surface area contributed by atoms with Crippen LogP contribution in [-0.4, -0.2) is 30.6 Å². The van der Waals surface area contributed by atoms with Gasteiger partial charge in [0.2, 0.25) is 0 Å². The van der Waals surface area contributed by atoms with Crippen molar-refractivity contribution in [2.24, 2.45) is 0 Å². The Morgan fingerprint density at radius 1 is 1.41 bits per heavy atom. The van der Waals surface area contributed by atoms with Gasteiger partial charge >= 0.3 is 0 Å². The minimum absolute atomic E-state index is 0.601. The van der Waals surface area contributed by atoms with Crippen LogP contribution in [-0.2, 0) is 0 Å². The first-order valence-electron chi connectivity index (χ1n) is 6.15. The van der Waals surface area contributed by atoms with E-state index in [9.17, 15) is 0 Å². The number of benzene rings is 1. The average molecular weight is 247 g/mol. The second kappa shape index (κ2) is 4.63. The standard InChI is InChI=1S/C13H17N3S/c1-14-10-5-4-8-16(9-10)13-11-6-2-3-7-12(11)17-15-13/h2-3,6-7,10,14H,4-5,8-9H2,1H3. The van der Waals surface area contributed by atoms with E-state index in [4.69, 9.17) is 0 Å². The highest BCUT2D eigenvalue weighted by molar-refractivity contribution is 7.13. The van der Waals surface area contributed by atoms with Crippen LogP contribution in [0.4, 0.5) is 5.82 Å². The highest BCUT2D eigenvalue weighted by atomic mass is 32.1. The van der Waals surface area contributed by atoms with Crippen molar-refractivity contribution in [1.82, 2.24) is 9.69 Å². The lowest BCUT2D eigenvalue weighted by atomic mass is 10.1. The van der Waals surface area contributed by atoms with Crippen molar-refractivity contribution in [2.75, 3.05) is 25.0 Å². The van der Waals surface area contributed by atoms with Crippen molar-refractivity contribution in [3.8, 4) is 0 Å². The summed E-state index contributed by atoms with van der Waals surface area (Å²) < 4.78 is 5.91. The predicted molar refractivity (Wildman–Crippen MR) is 73.9 cm³/mol. The third kappa shape index (κ3) is 2.03. The number of nitrogens with one attached hydrogen (secondary N) is 1. The summed E-state index contributed by atoms with van der Waals surface area (Å²) in [6, 6.07) is 9.10. The van der Waals surface area contributed by atoms with E-state index in [1.807, 2.05) is 7.05 Å². The lowest BCUT2D eigenvalue weighted by Gasteiger charge is -2.32. The number of rotatable bonds is 2. The van der Waals surface area contributed by atoms with E-state index in [2.05, 4.69) is 38.9 Å². The van der Waals surface area contributed by atoms with E-state index in [-0.39, 0.29) is 0 Å². The van der Waals surface area contributed by atoms with Crippen LogP contribution in [0.15, 0.2) is 24.3 Å². The van der Waals surface area contributed by atoms with Crippen molar-refractivity contribution in [3.05, 3.63) is 24.3 Å². The third-order valence-corrected chi connectivity index (χ3v) is 4.30. The summed E-state index contributed by atoms with van der Waals surface area (Å²) in [5, 5.41) is 4.68. The number of anilines is 1. The van der Waals surface area contributed by atoms with Gasteiger partial charge in [0.1, 0.15) is 5.82 Å². The molecule has 1 saturated heterocycles. The quantitative estimate of drug-likeness (QED) is 0.883. The lowest BCUT2D eigenvalue weighted by molar-refractivity contribution is 0.449. The molecule has 0 amide bonds. The van der Waals surface area contributed by atoms with E-state index in [0.29, 0.717) is 6.04 Å². The molecule has 0 aliphatic carbocycles. The van der Waals surface area contributed by atoms with Crippen LogP contribution in [0.3, 0.4) is 0 Å². The number of nitrogens with zero attached hydrogens (tertiary/aromatic N) is 2.